The second-order valence-corrected chi connectivity index (χ2v) is 5.24. The minimum atomic E-state index is -3.80. The predicted molar refractivity (Wildman–Crippen MR) is 89.2 cm³/mol. The van der Waals surface area contributed by atoms with E-state index in [0.717, 1.165) is 7.11 Å². The van der Waals surface area contributed by atoms with E-state index in [4.69, 9.17) is 0 Å². The van der Waals surface area contributed by atoms with Crippen LogP contribution >= 0.6 is 0 Å². The molecule has 0 bridgehead atoms. The molecule has 0 radical (unpaired) electrons. The molecule has 132 valence electrons. The Hall–Kier alpha value is -2.96. The van der Waals surface area contributed by atoms with E-state index in [0.29, 0.717) is 5.69 Å². The number of para-hydroxylation sites is 1. The van der Waals surface area contributed by atoms with E-state index in [2.05, 4.69) is 10.1 Å². The maximum absolute atomic E-state index is 14.8. The number of ether oxygens (including phenoxy) is 1. The SMILES string of the molecule is COC(=O)CNC(=O)C(F)(F)C(Nc1ccccc1)c1ccccc1. The van der Waals surface area contributed by atoms with Gasteiger partial charge >= 0.3 is 11.9 Å². The lowest BCUT2D eigenvalue weighted by Gasteiger charge is -2.28. The summed E-state index contributed by atoms with van der Waals surface area (Å²) in [5, 5.41) is 4.60. The Morgan fingerprint density at radius 1 is 1.04 bits per heavy atom. The molecule has 0 heterocycles. The number of anilines is 1. The molecular formula is C18H18F2N2O3. The fraction of sp³-hybridized carbons (Fsp3) is 0.222. The summed E-state index contributed by atoms with van der Waals surface area (Å²) in [6.07, 6.45) is 0. The zero-order valence-electron chi connectivity index (χ0n) is 13.5. The number of benzene rings is 2. The number of hydrogen-bond acceptors (Lipinski definition) is 4. The van der Waals surface area contributed by atoms with E-state index >= 15 is 0 Å². The Morgan fingerprint density at radius 2 is 1.60 bits per heavy atom. The van der Waals surface area contributed by atoms with Gasteiger partial charge in [-0.2, -0.15) is 8.78 Å². The first-order valence-corrected chi connectivity index (χ1v) is 7.54. The molecule has 0 aliphatic rings. The van der Waals surface area contributed by atoms with Gasteiger partial charge in [-0.15, -0.1) is 0 Å². The summed E-state index contributed by atoms with van der Waals surface area (Å²) in [6.45, 7) is -0.627. The zero-order chi connectivity index (χ0) is 18.3. The van der Waals surface area contributed by atoms with Crippen LogP contribution in [-0.4, -0.2) is 31.5 Å². The molecule has 0 spiro atoms. The van der Waals surface area contributed by atoms with Gasteiger partial charge in [0.05, 0.1) is 7.11 Å². The highest BCUT2D eigenvalue weighted by atomic mass is 19.3. The lowest BCUT2D eigenvalue weighted by Crippen LogP contribution is -2.48. The summed E-state index contributed by atoms with van der Waals surface area (Å²) in [5.41, 5.74) is 0.682. The molecule has 0 saturated carbocycles. The molecule has 7 heteroatoms. The smallest absolute Gasteiger partial charge is 0.348 e. The van der Waals surface area contributed by atoms with Crippen LogP contribution in [0.1, 0.15) is 11.6 Å². The van der Waals surface area contributed by atoms with Crippen molar-refractivity contribution >= 4 is 17.6 Å². The van der Waals surface area contributed by atoms with Crippen LogP contribution in [0.3, 0.4) is 0 Å². The summed E-state index contributed by atoms with van der Waals surface area (Å²) in [5.74, 6) is -6.17. The summed E-state index contributed by atoms with van der Waals surface area (Å²) in [7, 11) is 1.11. The number of rotatable bonds is 7. The molecule has 1 atom stereocenters. The van der Waals surface area contributed by atoms with Gasteiger partial charge < -0.3 is 15.4 Å². The Labute approximate surface area is 144 Å². The molecule has 1 amide bonds. The predicted octanol–water partition coefficient (Wildman–Crippen LogP) is 2.76. The number of hydrogen-bond donors (Lipinski definition) is 2. The van der Waals surface area contributed by atoms with Crippen LogP contribution < -0.4 is 10.6 Å². The Morgan fingerprint density at radius 3 is 2.16 bits per heavy atom. The number of carbonyl (C=O) groups excluding carboxylic acids is 2. The van der Waals surface area contributed by atoms with Gasteiger partial charge in [0.2, 0.25) is 0 Å². The lowest BCUT2D eigenvalue weighted by molar-refractivity contribution is -0.151. The van der Waals surface area contributed by atoms with Crippen molar-refractivity contribution in [2.45, 2.75) is 12.0 Å². The fourth-order valence-electron chi connectivity index (χ4n) is 2.20. The van der Waals surface area contributed by atoms with E-state index in [1.807, 2.05) is 5.32 Å². The van der Waals surface area contributed by atoms with Crippen LogP contribution in [0.15, 0.2) is 60.7 Å². The summed E-state index contributed by atoms with van der Waals surface area (Å²) >= 11 is 0. The Bertz CT molecular complexity index is 709. The van der Waals surface area contributed by atoms with Crippen LogP contribution in [0.4, 0.5) is 14.5 Å². The van der Waals surface area contributed by atoms with E-state index in [1.54, 1.807) is 48.5 Å². The minimum absolute atomic E-state index is 0.240. The molecule has 2 N–H and O–H groups in total. The number of alkyl halides is 2. The largest absolute Gasteiger partial charge is 0.468 e. The van der Waals surface area contributed by atoms with Crippen molar-refractivity contribution < 1.29 is 23.1 Å². The standard InChI is InChI=1S/C18H18F2N2O3/c1-25-15(23)12-21-17(24)18(19,20)16(13-8-4-2-5-9-13)22-14-10-6-3-7-11-14/h2-11,16,22H,12H2,1H3,(H,21,24). The normalized spacial score (nSPS) is 12.1. The van der Waals surface area contributed by atoms with Gasteiger partial charge in [0, 0.05) is 5.69 Å². The molecule has 0 fully saturated rings. The van der Waals surface area contributed by atoms with Crippen LogP contribution in [-0.2, 0) is 14.3 Å². The highest BCUT2D eigenvalue weighted by Crippen LogP contribution is 2.34. The average molecular weight is 348 g/mol. The third-order valence-electron chi connectivity index (χ3n) is 3.50. The van der Waals surface area contributed by atoms with Gasteiger partial charge in [-0.25, -0.2) is 0 Å². The molecule has 0 saturated heterocycles. The second-order valence-electron chi connectivity index (χ2n) is 5.24. The molecule has 2 aromatic rings. The first-order valence-electron chi connectivity index (χ1n) is 7.54. The highest BCUT2D eigenvalue weighted by molar-refractivity contribution is 5.88. The van der Waals surface area contributed by atoms with Crippen molar-refractivity contribution in [3.05, 3.63) is 66.2 Å². The minimum Gasteiger partial charge on any atom is -0.468 e. The lowest BCUT2D eigenvalue weighted by atomic mass is 9.99. The molecule has 25 heavy (non-hydrogen) atoms. The van der Waals surface area contributed by atoms with Crippen LogP contribution in [0.2, 0.25) is 0 Å². The van der Waals surface area contributed by atoms with Crippen LogP contribution in [0, 0.1) is 0 Å². The van der Waals surface area contributed by atoms with Crippen molar-refractivity contribution in [3.63, 3.8) is 0 Å². The summed E-state index contributed by atoms with van der Waals surface area (Å²) in [6, 6.07) is 14.7. The maximum Gasteiger partial charge on any atom is 0.348 e. The van der Waals surface area contributed by atoms with Gasteiger partial charge in [-0.1, -0.05) is 48.5 Å². The molecule has 0 aromatic heterocycles. The molecule has 2 rings (SSSR count). The first-order chi connectivity index (χ1) is 11.9. The first kappa shape index (κ1) is 18.4. The number of esters is 1. The summed E-state index contributed by atoms with van der Waals surface area (Å²) < 4.78 is 33.9. The van der Waals surface area contributed by atoms with Crippen molar-refractivity contribution in [1.29, 1.82) is 0 Å². The van der Waals surface area contributed by atoms with Gasteiger partial charge in [-0.3, -0.25) is 9.59 Å². The average Bonchev–Trinajstić information content (AvgIpc) is 2.65. The van der Waals surface area contributed by atoms with Gasteiger partial charge in [0.15, 0.2) is 0 Å². The number of carbonyl (C=O) groups is 2. The molecule has 1 unspecified atom stereocenters. The van der Waals surface area contributed by atoms with E-state index < -0.39 is 30.4 Å². The highest BCUT2D eigenvalue weighted by Gasteiger charge is 2.48. The van der Waals surface area contributed by atoms with Crippen LogP contribution in [0.25, 0.3) is 0 Å². The molecule has 0 aliphatic carbocycles. The number of halogens is 2. The van der Waals surface area contributed by atoms with E-state index in [-0.39, 0.29) is 5.56 Å². The summed E-state index contributed by atoms with van der Waals surface area (Å²) in [4.78, 5) is 23.1. The van der Waals surface area contributed by atoms with E-state index in [1.165, 1.54) is 12.1 Å². The second kappa shape index (κ2) is 8.23. The van der Waals surface area contributed by atoms with Crippen molar-refractivity contribution in [1.82, 2.24) is 5.32 Å². The Balaban J connectivity index is 2.26. The fourth-order valence-corrected chi connectivity index (χ4v) is 2.20. The number of amides is 1. The van der Waals surface area contributed by atoms with Gasteiger partial charge in [-0.05, 0) is 17.7 Å². The van der Waals surface area contributed by atoms with Crippen LogP contribution in [0.5, 0.6) is 0 Å². The van der Waals surface area contributed by atoms with Crippen molar-refractivity contribution in [3.8, 4) is 0 Å². The monoisotopic (exact) mass is 348 g/mol. The van der Waals surface area contributed by atoms with E-state index in [9.17, 15) is 18.4 Å². The third-order valence-corrected chi connectivity index (χ3v) is 3.50. The van der Waals surface area contributed by atoms with Crippen molar-refractivity contribution in [2.75, 3.05) is 19.0 Å². The van der Waals surface area contributed by atoms with Crippen molar-refractivity contribution in [2.24, 2.45) is 0 Å². The number of nitrogens with one attached hydrogen (secondary N) is 2. The maximum atomic E-state index is 14.8. The zero-order valence-corrected chi connectivity index (χ0v) is 13.5. The molecule has 0 aliphatic heterocycles. The quantitative estimate of drug-likeness (QED) is 0.755. The molecule has 5 nitrogen and oxygen atoms in total. The van der Waals surface area contributed by atoms with Gasteiger partial charge in [0.1, 0.15) is 12.6 Å². The Kier molecular flexibility index (Phi) is 6.05. The number of methoxy groups -OCH3 is 1. The van der Waals surface area contributed by atoms with Gasteiger partial charge in [0.25, 0.3) is 5.91 Å². The topological polar surface area (TPSA) is 67.4 Å². The molecule has 2 aromatic carbocycles. The molecular weight excluding hydrogens is 330 g/mol. The third kappa shape index (κ3) is 4.76.